The molecule has 0 fully saturated rings. The first-order chi connectivity index (χ1) is 8.08. The van der Waals surface area contributed by atoms with E-state index < -0.39 is 0 Å². The molecule has 4 heteroatoms. The van der Waals surface area contributed by atoms with Crippen LogP contribution in [0.3, 0.4) is 0 Å². The van der Waals surface area contributed by atoms with Gasteiger partial charge < -0.3 is 11.1 Å². The van der Waals surface area contributed by atoms with Crippen LogP contribution in [0.1, 0.15) is 25.3 Å². The summed E-state index contributed by atoms with van der Waals surface area (Å²) in [5.74, 6) is -0.246. The molecule has 0 saturated heterocycles. The summed E-state index contributed by atoms with van der Waals surface area (Å²) in [6.45, 7) is 2.40. The highest BCUT2D eigenvalue weighted by Gasteiger charge is 2.03. The largest absolute Gasteiger partial charge is 0.356 e. The predicted octanol–water partition coefficient (Wildman–Crippen LogP) is 1.61. The zero-order valence-electron chi connectivity index (χ0n) is 10.1. The summed E-state index contributed by atoms with van der Waals surface area (Å²) < 4.78 is 12.9. The molecule has 0 aliphatic carbocycles. The first-order valence-corrected chi connectivity index (χ1v) is 5.84. The smallest absolute Gasteiger partial charge is 0.220 e. The number of hydrogen-bond acceptors (Lipinski definition) is 2. The van der Waals surface area contributed by atoms with Gasteiger partial charge in [-0.1, -0.05) is 12.1 Å². The van der Waals surface area contributed by atoms with Gasteiger partial charge in [0.05, 0.1) is 0 Å². The number of nitrogens with two attached hydrogens (primary N) is 1. The Morgan fingerprint density at radius 3 is 2.94 bits per heavy atom. The second-order valence-corrected chi connectivity index (χ2v) is 4.25. The summed E-state index contributed by atoms with van der Waals surface area (Å²) in [7, 11) is 0. The van der Waals surface area contributed by atoms with Crippen LogP contribution in [-0.4, -0.2) is 18.5 Å². The fourth-order valence-corrected chi connectivity index (χ4v) is 1.49. The monoisotopic (exact) mass is 238 g/mol. The van der Waals surface area contributed by atoms with Crippen LogP contribution in [0.5, 0.6) is 0 Å². The topological polar surface area (TPSA) is 55.1 Å². The van der Waals surface area contributed by atoms with E-state index >= 15 is 0 Å². The van der Waals surface area contributed by atoms with Crippen LogP contribution in [0.2, 0.25) is 0 Å². The fraction of sp³-hybridized carbons (Fsp3) is 0.462. The van der Waals surface area contributed by atoms with Crippen molar-refractivity contribution in [2.24, 2.45) is 5.73 Å². The number of hydrogen-bond donors (Lipinski definition) is 2. The Hall–Kier alpha value is -1.42. The van der Waals surface area contributed by atoms with Crippen molar-refractivity contribution < 1.29 is 9.18 Å². The van der Waals surface area contributed by atoms with Crippen molar-refractivity contribution >= 4 is 5.91 Å². The summed E-state index contributed by atoms with van der Waals surface area (Å²) in [5, 5.41) is 2.79. The maximum atomic E-state index is 12.9. The summed E-state index contributed by atoms with van der Waals surface area (Å²) in [4.78, 5) is 11.4. The second kappa shape index (κ2) is 7.01. The third kappa shape index (κ3) is 6.02. The lowest BCUT2D eigenvalue weighted by Crippen LogP contribution is -2.27. The molecule has 1 amide bonds. The molecule has 1 aromatic carbocycles. The van der Waals surface area contributed by atoms with Gasteiger partial charge in [-0.15, -0.1) is 0 Å². The van der Waals surface area contributed by atoms with Gasteiger partial charge in [-0.25, -0.2) is 4.39 Å². The van der Waals surface area contributed by atoms with Crippen molar-refractivity contribution in [3.63, 3.8) is 0 Å². The van der Waals surface area contributed by atoms with Crippen LogP contribution >= 0.6 is 0 Å². The van der Waals surface area contributed by atoms with Crippen LogP contribution in [-0.2, 0) is 11.2 Å². The lowest BCUT2D eigenvalue weighted by atomic mass is 10.1. The van der Waals surface area contributed by atoms with Crippen LogP contribution < -0.4 is 11.1 Å². The van der Waals surface area contributed by atoms with E-state index in [1.165, 1.54) is 12.1 Å². The summed E-state index contributed by atoms with van der Waals surface area (Å²) in [6.07, 6.45) is 1.77. The lowest BCUT2D eigenvalue weighted by Gasteiger charge is -2.07. The molecule has 0 radical (unpaired) electrons. The molecule has 1 aromatic rings. The van der Waals surface area contributed by atoms with Gasteiger partial charge in [0.25, 0.3) is 0 Å². The van der Waals surface area contributed by atoms with E-state index in [-0.39, 0.29) is 17.8 Å². The van der Waals surface area contributed by atoms with E-state index in [0.717, 1.165) is 5.56 Å². The Bertz CT molecular complexity index is 366. The number of carbonyl (C=O) groups excluding carboxylic acids is 1. The highest BCUT2D eigenvalue weighted by atomic mass is 19.1. The molecule has 1 rings (SSSR count). The molecule has 3 nitrogen and oxygen atoms in total. The molecule has 1 unspecified atom stereocenters. The molecular formula is C13H19FN2O. The first kappa shape index (κ1) is 13.6. The minimum absolute atomic E-state index is 0.00120. The van der Waals surface area contributed by atoms with Crippen molar-refractivity contribution in [1.29, 1.82) is 0 Å². The predicted molar refractivity (Wildman–Crippen MR) is 66.0 cm³/mol. The molecule has 0 aromatic heterocycles. The van der Waals surface area contributed by atoms with Gasteiger partial charge >= 0.3 is 0 Å². The molecule has 1 atom stereocenters. The van der Waals surface area contributed by atoms with E-state index in [4.69, 9.17) is 5.73 Å². The number of halogens is 1. The summed E-state index contributed by atoms with van der Waals surface area (Å²) in [6, 6.07) is 6.45. The fourth-order valence-electron chi connectivity index (χ4n) is 1.49. The highest BCUT2D eigenvalue weighted by Crippen LogP contribution is 2.03. The van der Waals surface area contributed by atoms with Gasteiger partial charge in [0.15, 0.2) is 0 Å². The third-order valence-electron chi connectivity index (χ3n) is 2.45. The Labute approximate surface area is 101 Å². The Kier molecular flexibility index (Phi) is 5.63. The lowest BCUT2D eigenvalue weighted by molar-refractivity contribution is -0.121. The number of amides is 1. The van der Waals surface area contributed by atoms with E-state index in [1.807, 2.05) is 13.0 Å². The molecule has 0 aliphatic rings. The van der Waals surface area contributed by atoms with Crippen molar-refractivity contribution in [1.82, 2.24) is 5.32 Å². The van der Waals surface area contributed by atoms with E-state index in [0.29, 0.717) is 25.8 Å². The van der Waals surface area contributed by atoms with Gasteiger partial charge in [-0.3, -0.25) is 4.79 Å². The molecular weight excluding hydrogens is 219 g/mol. The van der Waals surface area contributed by atoms with Crippen LogP contribution in [0, 0.1) is 5.82 Å². The standard InChI is InChI=1S/C13H19FN2O/c1-10(15)5-6-13(17)16-8-7-11-3-2-4-12(14)9-11/h2-4,9-10H,5-8,15H2,1H3,(H,16,17). The minimum Gasteiger partial charge on any atom is -0.356 e. The molecule has 0 heterocycles. The number of carbonyl (C=O) groups is 1. The number of benzene rings is 1. The zero-order chi connectivity index (χ0) is 12.7. The Morgan fingerprint density at radius 2 is 2.29 bits per heavy atom. The quantitative estimate of drug-likeness (QED) is 0.791. The van der Waals surface area contributed by atoms with Crippen LogP contribution in [0.4, 0.5) is 4.39 Å². The van der Waals surface area contributed by atoms with Gasteiger partial charge in [0.2, 0.25) is 5.91 Å². The average Bonchev–Trinajstić information content (AvgIpc) is 2.26. The van der Waals surface area contributed by atoms with Crippen molar-refractivity contribution in [2.45, 2.75) is 32.2 Å². The van der Waals surface area contributed by atoms with Gasteiger partial charge in [-0.2, -0.15) is 0 Å². The minimum atomic E-state index is -0.245. The van der Waals surface area contributed by atoms with E-state index in [2.05, 4.69) is 5.32 Å². The molecule has 0 aliphatic heterocycles. The average molecular weight is 238 g/mol. The SMILES string of the molecule is CC(N)CCC(=O)NCCc1cccc(F)c1. The normalized spacial score (nSPS) is 12.2. The number of rotatable bonds is 6. The van der Waals surface area contributed by atoms with Gasteiger partial charge in [-0.05, 0) is 37.5 Å². The van der Waals surface area contributed by atoms with Crippen LogP contribution in [0.15, 0.2) is 24.3 Å². The molecule has 0 bridgehead atoms. The maximum Gasteiger partial charge on any atom is 0.220 e. The summed E-state index contributed by atoms with van der Waals surface area (Å²) >= 11 is 0. The van der Waals surface area contributed by atoms with Crippen molar-refractivity contribution in [3.8, 4) is 0 Å². The van der Waals surface area contributed by atoms with Gasteiger partial charge in [0, 0.05) is 19.0 Å². The Balaban J connectivity index is 2.21. The van der Waals surface area contributed by atoms with E-state index in [9.17, 15) is 9.18 Å². The molecule has 17 heavy (non-hydrogen) atoms. The van der Waals surface area contributed by atoms with Crippen molar-refractivity contribution in [2.75, 3.05) is 6.54 Å². The third-order valence-corrected chi connectivity index (χ3v) is 2.45. The molecule has 3 N–H and O–H groups in total. The molecule has 94 valence electrons. The Morgan fingerprint density at radius 1 is 1.53 bits per heavy atom. The zero-order valence-corrected chi connectivity index (χ0v) is 10.1. The number of nitrogens with one attached hydrogen (secondary N) is 1. The van der Waals surface area contributed by atoms with E-state index in [1.54, 1.807) is 6.07 Å². The molecule has 0 saturated carbocycles. The first-order valence-electron chi connectivity index (χ1n) is 5.84. The highest BCUT2D eigenvalue weighted by molar-refractivity contribution is 5.75. The van der Waals surface area contributed by atoms with Crippen LogP contribution in [0.25, 0.3) is 0 Å². The van der Waals surface area contributed by atoms with Gasteiger partial charge in [0.1, 0.15) is 5.82 Å². The maximum absolute atomic E-state index is 12.9. The van der Waals surface area contributed by atoms with Crippen molar-refractivity contribution in [3.05, 3.63) is 35.6 Å². The second-order valence-electron chi connectivity index (χ2n) is 4.25. The summed E-state index contributed by atoms with van der Waals surface area (Å²) in [5.41, 5.74) is 6.44. The molecule has 0 spiro atoms.